The molecule has 1 aromatic rings. The van der Waals surface area contributed by atoms with Crippen LogP contribution in [0.5, 0.6) is 0 Å². The lowest BCUT2D eigenvalue weighted by atomic mass is 10.0. The lowest BCUT2D eigenvalue weighted by molar-refractivity contribution is 0.557. The summed E-state index contributed by atoms with van der Waals surface area (Å²) in [4.78, 5) is 0. The molecule has 0 aromatic heterocycles. The Morgan fingerprint density at radius 2 is 2.29 bits per heavy atom. The van der Waals surface area contributed by atoms with E-state index in [1.807, 2.05) is 11.8 Å². The predicted octanol–water partition coefficient (Wildman–Crippen LogP) is 3.63. The average Bonchev–Trinajstić information content (AvgIpc) is 2.35. The second-order valence-corrected chi connectivity index (χ2v) is 6.26. The number of hydrogen-bond donors (Lipinski definition) is 1. The first kappa shape index (κ1) is 13.2. The van der Waals surface area contributed by atoms with Gasteiger partial charge in [-0.15, -0.1) is 0 Å². The standard InChI is InChI=1S/C13H17ClFNS/c14-11-5-4-10(15)7-9(11)8-12(16)13-3-1-2-6-17-13/h4-5,7,12-13H,1-3,6,8,16H2. The third kappa shape index (κ3) is 3.60. The monoisotopic (exact) mass is 273 g/mol. The first-order valence-corrected chi connectivity index (χ1v) is 7.40. The first-order chi connectivity index (χ1) is 8.16. The van der Waals surface area contributed by atoms with Gasteiger partial charge in [0.05, 0.1) is 0 Å². The van der Waals surface area contributed by atoms with Crippen molar-refractivity contribution in [2.45, 2.75) is 37.0 Å². The van der Waals surface area contributed by atoms with Crippen LogP contribution in [0.2, 0.25) is 5.02 Å². The van der Waals surface area contributed by atoms with E-state index >= 15 is 0 Å². The van der Waals surface area contributed by atoms with E-state index in [4.69, 9.17) is 17.3 Å². The van der Waals surface area contributed by atoms with Gasteiger partial charge in [0.2, 0.25) is 0 Å². The Kier molecular flexibility index (Phi) is 4.71. The second-order valence-electron chi connectivity index (χ2n) is 4.51. The van der Waals surface area contributed by atoms with Crippen molar-refractivity contribution in [1.29, 1.82) is 0 Å². The molecule has 0 amide bonds. The zero-order chi connectivity index (χ0) is 12.3. The van der Waals surface area contributed by atoms with Gasteiger partial charge in [0.1, 0.15) is 5.82 Å². The van der Waals surface area contributed by atoms with Crippen LogP contribution >= 0.6 is 23.4 Å². The van der Waals surface area contributed by atoms with Crippen LogP contribution in [0.3, 0.4) is 0 Å². The molecular weight excluding hydrogens is 257 g/mol. The fraction of sp³-hybridized carbons (Fsp3) is 0.538. The fourth-order valence-corrected chi connectivity index (χ4v) is 3.73. The fourth-order valence-electron chi connectivity index (χ4n) is 2.19. The average molecular weight is 274 g/mol. The highest BCUT2D eigenvalue weighted by molar-refractivity contribution is 8.00. The van der Waals surface area contributed by atoms with Gasteiger partial charge in [-0.25, -0.2) is 4.39 Å². The molecule has 2 atom stereocenters. The van der Waals surface area contributed by atoms with Crippen LogP contribution < -0.4 is 5.73 Å². The molecule has 1 nitrogen and oxygen atoms in total. The SMILES string of the molecule is NC(Cc1cc(F)ccc1Cl)C1CCCCS1. The third-order valence-electron chi connectivity index (χ3n) is 3.16. The van der Waals surface area contributed by atoms with E-state index in [0.717, 1.165) is 5.56 Å². The van der Waals surface area contributed by atoms with E-state index < -0.39 is 0 Å². The van der Waals surface area contributed by atoms with Gasteiger partial charge in [0.25, 0.3) is 0 Å². The molecule has 1 aromatic carbocycles. The molecule has 0 radical (unpaired) electrons. The molecule has 1 aliphatic heterocycles. The maximum Gasteiger partial charge on any atom is 0.123 e. The van der Waals surface area contributed by atoms with Crippen molar-refractivity contribution in [3.05, 3.63) is 34.6 Å². The van der Waals surface area contributed by atoms with Crippen molar-refractivity contribution >= 4 is 23.4 Å². The molecular formula is C13H17ClFNS. The van der Waals surface area contributed by atoms with Crippen LogP contribution in [0.25, 0.3) is 0 Å². The molecule has 0 saturated carbocycles. The number of thioether (sulfide) groups is 1. The van der Waals surface area contributed by atoms with Gasteiger partial charge < -0.3 is 5.73 Å². The summed E-state index contributed by atoms with van der Waals surface area (Å²) >= 11 is 7.99. The minimum absolute atomic E-state index is 0.0691. The summed E-state index contributed by atoms with van der Waals surface area (Å²) < 4.78 is 13.1. The van der Waals surface area contributed by atoms with Gasteiger partial charge in [0.15, 0.2) is 0 Å². The quantitative estimate of drug-likeness (QED) is 0.910. The maximum absolute atomic E-state index is 13.1. The number of hydrogen-bond acceptors (Lipinski definition) is 2. The van der Waals surface area contributed by atoms with E-state index in [1.165, 1.54) is 37.1 Å². The number of benzene rings is 1. The summed E-state index contributed by atoms with van der Waals surface area (Å²) in [5, 5.41) is 1.10. The molecule has 0 spiro atoms. The van der Waals surface area contributed by atoms with Crippen LogP contribution in [-0.2, 0) is 6.42 Å². The predicted molar refractivity (Wildman–Crippen MR) is 73.2 cm³/mol. The van der Waals surface area contributed by atoms with E-state index in [9.17, 15) is 4.39 Å². The van der Waals surface area contributed by atoms with Crippen LogP contribution in [0.4, 0.5) is 4.39 Å². The normalized spacial score (nSPS) is 22.4. The Morgan fingerprint density at radius 1 is 1.47 bits per heavy atom. The zero-order valence-corrected chi connectivity index (χ0v) is 11.2. The highest BCUT2D eigenvalue weighted by atomic mass is 35.5. The van der Waals surface area contributed by atoms with Crippen molar-refractivity contribution in [2.24, 2.45) is 5.73 Å². The molecule has 4 heteroatoms. The lowest BCUT2D eigenvalue weighted by Gasteiger charge is -2.27. The lowest BCUT2D eigenvalue weighted by Crippen LogP contribution is -2.36. The van der Waals surface area contributed by atoms with Crippen molar-refractivity contribution in [2.75, 3.05) is 5.75 Å². The molecule has 1 aliphatic rings. The number of nitrogens with two attached hydrogens (primary N) is 1. The summed E-state index contributed by atoms with van der Waals surface area (Å²) in [5.41, 5.74) is 7.02. The van der Waals surface area contributed by atoms with Gasteiger partial charge in [-0.3, -0.25) is 0 Å². The molecule has 1 heterocycles. The van der Waals surface area contributed by atoms with Gasteiger partial charge >= 0.3 is 0 Å². The van der Waals surface area contributed by atoms with Gasteiger partial charge in [-0.1, -0.05) is 18.0 Å². The number of halogens is 2. The maximum atomic E-state index is 13.1. The molecule has 1 fully saturated rings. The Bertz CT molecular complexity index is 380. The van der Waals surface area contributed by atoms with E-state index in [1.54, 1.807) is 6.07 Å². The zero-order valence-electron chi connectivity index (χ0n) is 9.66. The largest absolute Gasteiger partial charge is 0.326 e. The summed E-state index contributed by atoms with van der Waals surface area (Å²) in [5.74, 6) is 0.947. The van der Waals surface area contributed by atoms with Gasteiger partial charge in [-0.05, 0) is 48.8 Å². The van der Waals surface area contributed by atoms with E-state index in [0.29, 0.717) is 16.7 Å². The summed E-state index contributed by atoms with van der Waals surface area (Å²) in [6.07, 6.45) is 4.36. The van der Waals surface area contributed by atoms with Crippen LogP contribution in [0, 0.1) is 5.82 Å². The minimum Gasteiger partial charge on any atom is -0.326 e. The topological polar surface area (TPSA) is 26.0 Å². The van der Waals surface area contributed by atoms with Crippen LogP contribution in [-0.4, -0.2) is 17.0 Å². The Balaban J connectivity index is 2.01. The third-order valence-corrected chi connectivity index (χ3v) is 5.06. The highest BCUT2D eigenvalue weighted by Gasteiger charge is 2.22. The molecule has 17 heavy (non-hydrogen) atoms. The van der Waals surface area contributed by atoms with Crippen molar-refractivity contribution in [3.8, 4) is 0 Å². The molecule has 94 valence electrons. The molecule has 0 aliphatic carbocycles. The summed E-state index contributed by atoms with van der Waals surface area (Å²) in [6.45, 7) is 0. The second kappa shape index (κ2) is 6.07. The smallest absolute Gasteiger partial charge is 0.123 e. The van der Waals surface area contributed by atoms with E-state index in [-0.39, 0.29) is 11.9 Å². The molecule has 2 rings (SSSR count). The Hall–Kier alpha value is -0.250. The Morgan fingerprint density at radius 3 is 3.00 bits per heavy atom. The summed E-state index contributed by atoms with van der Waals surface area (Å²) in [6, 6.07) is 4.55. The first-order valence-electron chi connectivity index (χ1n) is 5.98. The number of rotatable bonds is 3. The van der Waals surface area contributed by atoms with Crippen molar-refractivity contribution in [3.63, 3.8) is 0 Å². The van der Waals surface area contributed by atoms with Gasteiger partial charge in [0, 0.05) is 16.3 Å². The minimum atomic E-state index is -0.243. The summed E-state index contributed by atoms with van der Waals surface area (Å²) in [7, 11) is 0. The molecule has 2 N–H and O–H groups in total. The highest BCUT2D eigenvalue weighted by Crippen LogP contribution is 2.29. The van der Waals surface area contributed by atoms with Crippen molar-refractivity contribution in [1.82, 2.24) is 0 Å². The van der Waals surface area contributed by atoms with Gasteiger partial charge in [-0.2, -0.15) is 11.8 Å². The van der Waals surface area contributed by atoms with Crippen LogP contribution in [0.1, 0.15) is 24.8 Å². The van der Waals surface area contributed by atoms with Crippen LogP contribution in [0.15, 0.2) is 18.2 Å². The molecule has 2 unspecified atom stereocenters. The van der Waals surface area contributed by atoms with Crippen molar-refractivity contribution < 1.29 is 4.39 Å². The molecule has 0 bridgehead atoms. The Labute approximate surface area is 111 Å². The van der Waals surface area contributed by atoms with E-state index in [2.05, 4.69) is 0 Å². The molecule has 1 saturated heterocycles.